The normalized spacial score (nSPS) is 14.4. The van der Waals surface area contributed by atoms with Gasteiger partial charge in [-0.3, -0.25) is 4.79 Å². The van der Waals surface area contributed by atoms with Crippen LogP contribution in [0.4, 0.5) is 0 Å². The van der Waals surface area contributed by atoms with Gasteiger partial charge >= 0.3 is 5.97 Å². The van der Waals surface area contributed by atoms with Gasteiger partial charge in [-0.1, -0.05) is 18.6 Å². The van der Waals surface area contributed by atoms with Crippen LogP contribution >= 0.6 is 0 Å². The zero-order valence-corrected chi connectivity index (χ0v) is 10.9. The van der Waals surface area contributed by atoms with Crippen molar-refractivity contribution in [1.82, 2.24) is 20.3 Å². The molecule has 7 heteroatoms. The summed E-state index contributed by atoms with van der Waals surface area (Å²) in [6.45, 7) is 2.67. The number of carbonyl (C=O) groups is 2. The lowest BCUT2D eigenvalue weighted by atomic mass is 10.2. The molecule has 0 aromatic carbocycles. The van der Waals surface area contributed by atoms with Crippen LogP contribution in [0, 0.1) is 5.92 Å². The van der Waals surface area contributed by atoms with Crippen molar-refractivity contribution >= 4 is 11.9 Å². The van der Waals surface area contributed by atoms with Gasteiger partial charge < -0.3 is 10.4 Å². The first-order valence-electron chi connectivity index (χ1n) is 6.54. The minimum Gasteiger partial charge on any atom is -0.476 e. The second-order valence-electron chi connectivity index (χ2n) is 4.84. The predicted molar refractivity (Wildman–Crippen MR) is 66.7 cm³/mol. The lowest BCUT2D eigenvalue weighted by molar-refractivity contribution is -0.121. The van der Waals surface area contributed by atoms with Gasteiger partial charge in [-0.15, -0.1) is 5.10 Å². The van der Waals surface area contributed by atoms with Gasteiger partial charge in [-0.05, 0) is 25.2 Å². The summed E-state index contributed by atoms with van der Waals surface area (Å²) in [7, 11) is 0. The molecule has 0 atom stereocenters. The Kier molecular flexibility index (Phi) is 4.13. The Labute approximate surface area is 111 Å². The molecule has 2 N–H and O–H groups in total. The molecular formula is C12H18N4O3. The van der Waals surface area contributed by atoms with Gasteiger partial charge in [-0.2, -0.15) is 0 Å². The van der Waals surface area contributed by atoms with Crippen LogP contribution in [0.3, 0.4) is 0 Å². The van der Waals surface area contributed by atoms with E-state index in [1.54, 1.807) is 0 Å². The molecule has 1 saturated carbocycles. The second kappa shape index (κ2) is 5.81. The van der Waals surface area contributed by atoms with Crippen molar-refractivity contribution in [3.63, 3.8) is 0 Å². The fraction of sp³-hybridized carbons (Fsp3) is 0.667. The minimum absolute atomic E-state index is 0.0301. The standard InChI is InChI=1S/C12H18N4O3/c1-2-3-9-11(12(18)19)14-15-16(9)7-10(17)13-6-8-4-5-8/h8H,2-7H2,1H3,(H,13,17)(H,18,19). The van der Waals surface area contributed by atoms with Crippen LogP contribution < -0.4 is 5.32 Å². The molecule has 1 aromatic heterocycles. The lowest BCUT2D eigenvalue weighted by Gasteiger charge is -2.07. The number of nitrogens with zero attached hydrogens (tertiary/aromatic N) is 3. The molecule has 19 heavy (non-hydrogen) atoms. The number of nitrogens with one attached hydrogen (secondary N) is 1. The van der Waals surface area contributed by atoms with E-state index in [0.29, 0.717) is 24.6 Å². The quantitative estimate of drug-likeness (QED) is 0.747. The zero-order chi connectivity index (χ0) is 13.8. The number of hydrogen-bond donors (Lipinski definition) is 2. The molecule has 2 rings (SSSR count). The summed E-state index contributed by atoms with van der Waals surface area (Å²) in [4.78, 5) is 22.7. The van der Waals surface area contributed by atoms with E-state index in [4.69, 9.17) is 5.11 Å². The molecule has 1 aliphatic carbocycles. The SMILES string of the molecule is CCCc1c(C(=O)O)nnn1CC(=O)NCC1CC1. The maximum atomic E-state index is 11.7. The third-order valence-electron chi connectivity index (χ3n) is 3.11. The van der Waals surface area contributed by atoms with E-state index < -0.39 is 5.97 Å². The van der Waals surface area contributed by atoms with Gasteiger partial charge in [0.1, 0.15) is 6.54 Å². The fourth-order valence-electron chi connectivity index (χ4n) is 1.88. The molecule has 1 fully saturated rings. The maximum Gasteiger partial charge on any atom is 0.358 e. The van der Waals surface area contributed by atoms with Gasteiger partial charge in [0, 0.05) is 6.54 Å². The summed E-state index contributed by atoms with van der Waals surface area (Å²) in [6, 6.07) is 0. The highest BCUT2D eigenvalue weighted by Crippen LogP contribution is 2.27. The molecule has 7 nitrogen and oxygen atoms in total. The molecule has 1 amide bonds. The summed E-state index contributed by atoms with van der Waals surface area (Å²) in [5, 5.41) is 19.2. The summed E-state index contributed by atoms with van der Waals surface area (Å²) >= 11 is 0. The molecule has 0 aliphatic heterocycles. The average molecular weight is 266 g/mol. The first-order valence-corrected chi connectivity index (χ1v) is 6.54. The summed E-state index contributed by atoms with van der Waals surface area (Å²) in [6.07, 6.45) is 3.67. The monoisotopic (exact) mass is 266 g/mol. The Morgan fingerprint density at radius 1 is 1.47 bits per heavy atom. The Bertz CT molecular complexity index is 479. The average Bonchev–Trinajstić information content (AvgIpc) is 3.11. The van der Waals surface area contributed by atoms with E-state index in [-0.39, 0.29) is 18.1 Å². The molecule has 1 heterocycles. The number of aromatic nitrogens is 3. The molecule has 0 spiro atoms. The van der Waals surface area contributed by atoms with Crippen LogP contribution in [0.1, 0.15) is 42.4 Å². The molecule has 0 unspecified atom stereocenters. The molecule has 1 aromatic rings. The number of rotatable bonds is 7. The first-order chi connectivity index (χ1) is 9.11. The second-order valence-corrected chi connectivity index (χ2v) is 4.84. The Hall–Kier alpha value is -1.92. The van der Waals surface area contributed by atoms with Crippen molar-refractivity contribution in [2.24, 2.45) is 5.92 Å². The Balaban J connectivity index is 2.01. The number of carbonyl (C=O) groups excluding carboxylic acids is 1. The molecule has 0 radical (unpaired) electrons. The van der Waals surface area contributed by atoms with E-state index in [1.807, 2.05) is 6.92 Å². The number of carboxylic acids is 1. The number of amides is 1. The molecular weight excluding hydrogens is 248 g/mol. The Morgan fingerprint density at radius 2 is 2.21 bits per heavy atom. The number of carboxylic acid groups (broad SMARTS) is 1. The largest absolute Gasteiger partial charge is 0.476 e. The van der Waals surface area contributed by atoms with Gasteiger partial charge in [-0.25, -0.2) is 9.48 Å². The highest BCUT2D eigenvalue weighted by atomic mass is 16.4. The summed E-state index contributed by atoms with van der Waals surface area (Å²) in [5.74, 6) is -0.636. The minimum atomic E-state index is -1.10. The third-order valence-corrected chi connectivity index (χ3v) is 3.11. The molecule has 0 bridgehead atoms. The van der Waals surface area contributed by atoms with Crippen LogP contribution in [-0.2, 0) is 17.8 Å². The zero-order valence-electron chi connectivity index (χ0n) is 10.9. The first kappa shape index (κ1) is 13.5. The van der Waals surface area contributed by atoms with E-state index in [2.05, 4.69) is 15.6 Å². The highest BCUT2D eigenvalue weighted by Gasteiger charge is 2.23. The Morgan fingerprint density at radius 3 is 2.79 bits per heavy atom. The third kappa shape index (κ3) is 3.52. The molecule has 0 saturated heterocycles. The van der Waals surface area contributed by atoms with Crippen molar-refractivity contribution < 1.29 is 14.7 Å². The van der Waals surface area contributed by atoms with Gasteiger partial charge in [0.2, 0.25) is 5.91 Å². The van der Waals surface area contributed by atoms with Crippen LogP contribution in [0.15, 0.2) is 0 Å². The van der Waals surface area contributed by atoms with Crippen LogP contribution in [0.2, 0.25) is 0 Å². The van der Waals surface area contributed by atoms with E-state index in [1.165, 1.54) is 17.5 Å². The topological polar surface area (TPSA) is 97.1 Å². The smallest absolute Gasteiger partial charge is 0.358 e. The van der Waals surface area contributed by atoms with Crippen LogP contribution in [0.5, 0.6) is 0 Å². The van der Waals surface area contributed by atoms with E-state index >= 15 is 0 Å². The predicted octanol–water partition coefficient (Wildman–Crippen LogP) is 0.455. The van der Waals surface area contributed by atoms with Crippen molar-refractivity contribution in [3.8, 4) is 0 Å². The van der Waals surface area contributed by atoms with E-state index in [0.717, 1.165) is 6.42 Å². The highest BCUT2D eigenvalue weighted by molar-refractivity contribution is 5.86. The van der Waals surface area contributed by atoms with Crippen molar-refractivity contribution in [2.45, 2.75) is 39.2 Å². The summed E-state index contributed by atoms with van der Waals surface area (Å²) < 4.78 is 1.38. The number of hydrogen-bond acceptors (Lipinski definition) is 4. The van der Waals surface area contributed by atoms with E-state index in [9.17, 15) is 9.59 Å². The van der Waals surface area contributed by atoms with Crippen LogP contribution in [0.25, 0.3) is 0 Å². The lowest BCUT2D eigenvalue weighted by Crippen LogP contribution is -2.30. The molecule has 104 valence electrons. The van der Waals surface area contributed by atoms with Crippen molar-refractivity contribution in [3.05, 3.63) is 11.4 Å². The summed E-state index contributed by atoms with van der Waals surface area (Å²) in [5.41, 5.74) is 0.452. The fourth-order valence-corrected chi connectivity index (χ4v) is 1.88. The van der Waals surface area contributed by atoms with Gasteiger partial charge in [0.15, 0.2) is 5.69 Å². The van der Waals surface area contributed by atoms with Crippen molar-refractivity contribution in [2.75, 3.05) is 6.54 Å². The van der Waals surface area contributed by atoms with Gasteiger partial charge in [0.25, 0.3) is 0 Å². The van der Waals surface area contributed by atoms with Crippen LogP contribution in [-0.4, -0.2) is 38.5 Å². The van der Waals surface area contributed by atoms with Gasteiger partial charge in [0.05, 0.1) is 5.69 Å². The maximum absolute atomic E-state index is 11.7. The number of aromatic carboxylic acids is 1. The van der Waals surface area contributed by atoms with Crippen molar-refractivity contribution in [1.29, 1.82) is 0 Å². The molecule has 1 aliphatic rings.